The third-order valence-electron chi connectivity index (χ3n) is 2.95. The second kappa shape index (κ2) is 6.00. The number of sulfonamides is 1. The van der Waals surface area contributed by atoms with E-state index in [1.165, 1.54) is 6.07 Å². The Morgan fingerprint density at radius 3 is 2.68 bits per heavy atom. The van der Waals surface area contributed by atoms with Crippen molar-refractivity contribution in [2.45, 2.75) is 23.6 Å². The van der Waals surface area contributed by atoms with Gasteiger partial charge in [-0.3, -0.25) is 4.79 Å². The van der Waals surface area contributed by atoms with Gasteiger partial charge in [0.15, 0.2) is 0 Å². The molecular weight excluding hydrogens is 288 g/mol. The molecule has 0 aromatic carbocycles. The number of carbonyl (C=O) groups excluding carboxylic acids is 1. The molecule has 19 heavy (non-hydrogen) atoms. The Morgan fingerprint density at radius 2 is 2.11 bits per heavy atom. The highest BCUT2D eigenvalue weighted by molar-refractivity contribution is 7.91. The van der Waals surface area contributed by atoms with E-state index in [0.717, 1.165) is 29.1 Å². The quantitative estimate of drug-likeness (QED) is 0.843. The van der Waals surface area contributed by atoms with Crippen LogP contribution in [0.1, 0.15) is 17.7 Å². The van der Waals surface area contributed by atoms with Gasteiger partial charge in [-0.25, -0.2) is 13.6 Å². The van der Waals surface area contributed by atoms with Gasteiger partial charge in [0.25, 0.3) is 0 Å². The molecule has 0 spiro atoms. The monoisotopic (exact) mass is 304 g/mol. The number of thiophene rings is 1. The minimum Gasteiger partial charge on any atom is -0.381 e. The molecular formula is C11H16N2O4S2. The first-order valence-corrected chi connectivity index (χ1v) is 8.30. The molecule has 1 aliphatic heterocycles. The number of ether oxygens (including phenoxy) is 1. The van der Waals surface area contributed by atoms with Crippen molar-refractivity contribution in [3.05, 3.63) is 17.0 Å². The summed E-state index contributed by atoms with van der Waals surface area (Å²) in [6, 6.07) is 3.12. The summed E-state index contributed by atoms with van der Waals surface area (Å²) in [5.74, 6) is -0.0136. The second-order valence-electron chi connectivity index (χ2n) is 4.37. The third kappa shape index (κ3) is 4.00. The molecule has 0 bridgehead atoms. The molecule has 1 amide bonds. The van der Waals surface area contributed by atoms with Crippen molar-refractivity contribution < 1.29 is 17.9 Å². The number of nitrogens with two attached hydrogens (primary N) is 1. The van der Waals surface area contributed by atoms with Crippen LogP contribution in [0, 0.1) is 5.92 Å². The lowest BCUT2D eigenvalue weighted by Gasteiger charge is -2.20. The molecule has 8 heteroatoms. The van der Waals surface area contributed by atoms with E-state index in [-0.39, 0.29) is 16.0 Å². The van der Waals surface area contributed by atoms with Crippen LogP contribution in [-0.4, -0.2) is 27.5 Å². The van der Waals surface area contributed by atoms with Crippen molar-refractivity contribution in [3.63, 3.8) is 0 Å². The van der Waals surface area contributed by atoms with Crippen molar-refractivity contribution in [1.82, 2.24) is 5.32 Å². The van der Waals surface area contributed by atoms with Gasteiger partial charge in [0.05, 0.1) is 6.54 Å². The maximum atomic E-state index is 11.9. The highest BCUT2D eigenvalue weighted by Crippen LogP contribution is 2.20. The fourth-order valence-corrected chi connectivity index (χ4v) is 3.60. The van der Waals surface area contributed by atoms with Crippen molar-refractivity contribution in [1.29, 1.82) is 0 Å². The van der Waals surface area contributed by atoms with E-state index in [9.17, 15) is 13.2 Å². The van der Waals surface area contributed by atoms with Gasteiger partial charge in [-0.1, -0.05) is 0 Å². The topological polar surface area (TPSA) is 98.5 Å². The van der Waals surface area contributed by atoms with Crippen LogP contribution in [0.25, 0.3) is 0 Å². The van der Waals surface area contributed by atoms with E-state index in [2.05, 4.69) is 5.32 Å². The lowest BCUT2D eigenvalue weighted by Crippen LogP contribution is -2.33. The highest BCUT2D eigenvalue weighted by atomic mass is 32.2. The van der Waals surface area contributed by atoms with Crippen molar-refractivity contribution >= 4 is 27.3 Å². The fourth-order valence-electron chi connectivity index (χ4n) is 1.88. The fraction of sp³-hybridized carbons (Fsp3) is 0.545. The Hall–Kier alpha value is -0.960. The summed E-state index contributed by atoms with van der Waals surface area (Å²) in [5.41, 5.74) is 0. The number of amides is 1. The maximum Gasteiger partial charge on any atom is 0.247 e. The molecule has 1 aromatic heterocycles. The largest absolute Gasteiger partial charge is 0.381 e. The molecule has 0 radical (unpaired) electrons. The summed E-state index contributed by atoms with van der Waals surface area (Å²) < 4.78 is 27.5. The first-order chi connectivity index (χ1) is 8.97. The molecule has 1 aliphatic rings. The number of primary sulfonamides is 1. The number of nitrogens with one attached hydrogen (secondary N) is 1. The maximum absolute atomic E-state index is 11.9. The molecule has 6 nitrogen and oxygen atoms in total. The van der Waals surface area contributed by atoms with Crippen LogP contribution in [0.4, 0.5) is 0 Å². The van der Waals surface area contributed by atoms with E-state index in [1.807, 2.05) is 0 Å². The first kappa shape index (κ1) is 14.4. The summed E-state index contributed by atoms with van der Waals surface area (Å²) in [5, 5.41) is 7.84. The van der Waals surface area contributed by atoms with Crippen LogP contribution in [0.5, 0.6) is 0 Å². The van der Waals surface area contributed by atoms with E-state index < -0.39 is 10.0 Å². The van der Waals surface area contributed by atoms with Crippen LogP contribution in [0.3, 0.4) is 0 Å². The first-order valence-electron chi connectivity index (χ1n) is 5.94. The molecule has 0 atom stereocenters. The lowest BCUT2D eigenvalue weighted by molar-refractivity contribution is -0.128. The number of hydrogen-bond donors (Lipinski definition) is 2. The zero-order valence-corrected chi connectivity index (χ0v) is 11.9. The van der Waals surface area contributed by atoms with Crippen LogP contribution in [-0.2, 0) is 26.1 Å². The van der Waals surface area contributed by atoms with E-state index >= 15 is 0 Å². The van der Waals surface area contributed by atoms with E-state index in [0.29, 0.717) is 19.8 Å². The van der Waals surface area contributed by atoms with Gasteiger partial charge < -0.3 is 10.1 Å². The Kier molecular flexibility index (Phi) is 4.56. The zero-order chi connectivity index (χ0) is 13.9. The summed E-state index contributed by atoms with van der Waals surface area (Å²) in [6.45, 7) is 1.57. The molecule has 3 N–H and O–H groups in total. The van der Waals surface area contributed by atoms with E-state index in [4.69, 9.17) is 9.88 Å². The minimum absolute atomic E-state index is 0.00569. The summed E-state index contributed by atoms with van der Waals surface area (Å²) in [4.78, 5) is 12.6. The summed E-state index contributed by atoms with van der Waals surface area (Å²) in [6.07, 6.45) is 1.47. The molecule has 0 unspecified atom stereocenters. The van der Waals surface area contributed by atoms with Gasteiger partial charge in [-0.05, 0) is 25.0 Å². The smallest absolute Gasteiger partial charge is 0.247 e. The standard InChI is InChI=1S/C11H16N2O4S2/c12-19(15,16)10-2-1-9(18-10)7-13-11(14)8-3-5-17-6-4-8/h1-2,8H,3-7H2,(H,13,14)(H2,12,15,16). The van der Waals surface area contributed by atoms with Gasteiger partial charge >= 0.3 is 0 Å². The molecule has 2 heterocycles. The number of hydrogen-bond acceptors (Lipinski definition) is 5. The van der Waals surface area contributed by atoms with Crippen molar-refractivity contribution in [2.75, 3.05) is 13.2 Å². The Morgan fingerprint density at radius 1 is 1.42 bits per heavy atom. The molecule has 1 saturated heterocycles. The Labute approximate surface area is 116 Å². The normalized spacial score (nSPS) is 17.3. The molecule has 1 fully saturated rings. The third-order valence-corrected chi connectivity index (χ3v) is 5.47. The molecule has 0 saturated carbocycles. The average Bonchev–Trinajstić information content (AvgIpc) is 2.86. The summed E-state index contributed by atoms with van der Waals surface area (Å²) in [7, 11) is -3.65. The molecule has 2 rings (SSSR count). The number of rotatable bonds is 4. The van der Waals surface area contributed by atoms with Crippen LogP contribution in [0.15, 0.2) is 16.3 Å². The van der Waals surface area contributed by atoms with Gasteiger partial charge in [-0.2, -0.15) is 0 Å². The van der Waals surface area contributed by atoms with Crippen molar-refractivity contribution in [2.24, 2.45) is 11.1 Å². The van der Waals surface area contributed by atoms with Gasteiger partial charge in [-0.15, -0.1) is 11.3 Å². The second-order valence-corrected chi connectivity index (χ2v) is 7.33. The van der Waals surface area contributed by atoms with Crippen molar-refractivity contribution in [3.8, 4) is 0 Å². The zero-order valence-electron chi connectivity index (χ0n) is 10.3. The SMILES string of the molecule is NS(=O)(=O)c1ccc(CNC(=O)C2CCOCC2)s1. The van der Waals surface area contributed by atoms with Crippen LogP contribution < -0.4 is 10.5 Å². The number of carbonyl (C=O) groups is 1. The molecule has 1 aromatic rings. The molecule has 0 aliphatic carbocycles. The van der Waals surface area contributed by atoms with E-state index in [1.54, 1.807) is 6.07 Å². The van der Waals surface area contributed by atoms with Crippen LogP contribution >= 0.6 is 11.3 Å². The Balaban J connectivity index is 1.88. The predicted octanol–water partition coefficient (Wildman–Crippen LogP) is 0.438. The average molecular weight is 304 g/mol. The predicted molar refractivity (Wildman–Crippen MR) is 71.1 cm³/mol. The Bertz CT molecular complexity index is 547. The lowest BCUT2D eigenvalue weighted by atomic mass is 9.99. The van der Waals surface area contributed by atoms with Gasteiger partial charge in [0, 0.05) is 24.0 Å². The van der Waals surface area contributed by atoms with Crippen LogP contribution in [0.2, 0.25) is 0 Å². The highest BCUT2D eigenvalue weighted by Gasteiger charge is 2.21. The van der Waals surface area contributed by atoms with Gasteiger partial charge in [0.2, 0.25) is 15.9 Å². The minimum atomic E-state index is -3.65. The summed E-state index contributed by atoms with van der Waals surface area (Å²) >= 11 is 1.08. The van der Waals surface area contributed by atoms with Gasteiger partial charge in [0.1, 0.15) is 4.21 Å². The molecule has 106 valence electrons.